The van der Waals surface area contributed by atoms with Crippen LogP contribution in [0.2, 0.25) is 0 Å². The fraction of sp³-hybridized carbons (Fsp3) is 0.667. The summed E-state index contributed by atoms with van der Waals surface area (Å²) in [6.45, 7) is 6.31. The zero-order chi connectivity index (χ0) is 48.1. The Balaban J connectivity index is 4.77. The number of hydrogen-bond acceptors (Lipinski definition) is 5. The fourth-order valence-electron chi connectivity index (χ4n) is 7.50. The second-order valence-corrected chi connectivity index (χ2v) is 17.9. The smallest absolute Gasteiger partial charge is 0.306 e. The van der Waals surface area contributed by atoms with Gasteiger partial charge >= 0.3 is 5.97 Å². The Morgan fingerprint density at radius 2 is 0.833 bits per heavy atom. The number of unbranched alkanes of at least 4 members (excludes halogenated alkanes) is 17. The lowest BCUT2D eigenvalue weighted by Gasteiger charge is -2.24. The van der Waals surface area contributed by atoms with Gasteiger partial charge < -0.3 is 20.3 Å². The molecule has 376 valence electrons. The standard InChI is InChI=1S/C60H101NO5/c1-4-7-10-13-16-19-22-24-26-28-29-31-33-35-38-41-44-47-50-53-60(65)66-56(51-48-45-42-39-37-34-32-30-27-25-23-20-17-14-11-8-5-2)54-59(64)61-57(55-62)58(63)52-49-46-43-40-36-21-18-15-12-9-6-3/h7,10,16-17,19-20,24-27,29,31-32,34-35,38-39,42,56-58,62-63H,4-6,8-9,11-15,18,21-23,28,30,33,36-37,40-41,43-55H2,1-3H3,(H,61,64)/b10-7-,19-16-,20-17-,26-24-,27-25-,31-29-,34-32-,38-35-,42-39-. The van der Waals surface area contributed by atoms with Crippen LogP contribution in [-0.2, 0) is 14.3 Å². The number of hydrogen-bond donors (Lipinski definition) is 3. The van der Waals surface area contributed by atoms with Crippen LogP contribution in [-0.4, -0.2) is 46.9 Å². The number of ether oxygens (including phenoxy) is 1. The van der Waals surface area contributed by atoms with Gasteiger partial charge in [0.05, 0.1) is 25.2 Å². The highest BCUT2D eigenvalue weighted by Crippen LogP contribution is 2.16. The SMILES string of the molecule is CC/C=C\C/C=C\C/C=C\C/C=C\C/C=C\CCCCCC(=O)OC(CCC/C=C\C/C=C\C/C=C\C/C=C\CCCCC)CC(=O)NC(CO)C(O)CCCCCCCCCCCCC. The van der Waals surface area contributed by atoms with Gasteiger partial charge in [0.1, 0.15) is 6.10 Å². The number of nitrogens with one attached hydrogen (secondary N) is 1. The van der Waals surface area contributed by atoms with E-state index in [-0.39, 0.29) is 24.9 Å². The molecule has 0 fully saturated rings. The zero-order valence-corrected chi connectivity index (χ0v) is 42.8. The lowest BCUT2D eigenvalue weighted by Crippen LogP contribution is -2.46. The number of allylic oxidation sites excluding steroid dienone is 18. The minimum Gasteiger partial charge on any atom is -0.462 e. The molecule has 0 aromatic heterocycles. The molecular weight excluding hydrogens is 815 g/mol. The molecule has 0 rings (SSSR count). The van der Waals surface area contributed by atoms with Crippen molar-refractivity contribution >= 4 is 11.9 Å². The van der Waals surface area contributed by atoms with Gasteiger partial charge in [0, 0.05) is 6.42 Å². The summed E-state index contributed by atoms with van der Waals surface area (Å²) in [4.78, 5) is 26.2. The molecule has 3 N–H and O–H groups in total. The Morgan fingerprint density at radius 3 is 1.29 bits per heavy atom. The summed E-state index contributed by atoms with van der Waals surface area (Å²) in [6.07, 6.45) is 71.5. The van der Waals surface area contributed by atoms with Crippen LogP contribution in [0.5, 0.6) is 0 Å². The van der Waals surface area contributed by atoms with Gasteiger partial charge in [-0.15, -0.1) is 0 Å². The van der Waals surface area contributed by atoms with Crippen LogP contribution in [0, 0.1) is 0 Å². The van der Waals surface area contributed by atoms with E-state index in [1.807, 2.05) is 0 Å². The Bertz CT molecular complexity index is 1350. The predicted molar refractivity (Wildman–Crippen MR) is 287 cm³/mol. The summed E-state index contributed by atoms with van der Waals surface area (Å²) >= 11 is 0. The summed E-state index contributed by atoms with van der Waals surface area (Å²) in [6, 6.07) is -0.733. The Morgan fingerprint density at radius 1 is 0.455 bits per heavy atom. The first-order valence-corrected chi connectivity index (χ1v) is 27.1. The van der Waals surface area contributed by atoms with Crippen LogP contribution in [0.3, 0.4) is 0 Å². The minimum absolute atomic E-state index is 0.0199. The molecule has 6 heteroatoms. The van der Waals surface area contributed by atoms with Gasteiger partial charge in [0.25, 0.3) is 0 Å². The molecule has 0 radical (unpaired) electrons. The highest BCUT2D eigenvalue weighted by molar-refractivity contribution is 5.77. The molecule has 0 saturated carbocycles. The molecule has 0 bridgehead atoms. The number of esters is 1. The average Bonchev–Trinajstić information content (AvgIpc) is 3.31. The molecule has 6 nitrogen and oxygen atoms in total. The molecular formula is C60H101NO5. The van der Waals surface area contributed by atoms with E-state index in [1.165, 1.54) is 77.0 Å². The number of aliphatic hydroxyl groups excluding tert-OH is 2. The summed E-state index contributed by atoms with van der Waals surface area (Å²) in [7, 11) is 0. The van der Waals surface area contributed by atoms with Crippen LogP contribution < -0.4 is 5.32 Å². The Kier molecular flexibility index (Phi) is 49.7. The number of amides is 1. The molecule has 0 aromatic rings. The molecule has 3 unspecified atom stereocenters. The van der Waals surface area contributed by atoms with Crippen molar-refractivity contribution in [3.8, 4) is 0 Å². The van der Waals surface area contributed by atoms with E-state index in [0.29, 0.717) is 19.3 Å². The third kappa shape index (κ3) is 47.0. The van der Waals surface area contributed by atoms with E-state index in [2.05, 4.69) is 135 Å². The van der Waals surface area contributed by atoms with Crippen molar-refractivity contribution < 1.29 is 24.5 Å². The predicted octanol–water partition coefficient (Wildman–Crippen LogP) is 16.7. The lowest BCUT2D eigenvalue weighted by atomic mass is 10.0. The van der Waals surface area contributed by atoms with Gasteiger partial charge in [-0.25, -0.2) is 0 Å². The van der Waals surface area contributed by atoms with Crippen molar-refractivity contribution in [2.24, 2.45) is 0 Å². The first-order chi connectivity index (χ1) is 32.5. The van der Waals surface area contributed by atoms with Gasteiger partial charge in [-0.1, -0.05) is 220 Å². The third-order valence-electron chi connectivity index (χ3n) is 11.6. The van der Waals surface area contributed by atoms with Crippen molar-refractivity contribution in [2.75, 3.05) is 6.61 Å². The fourth-order valence-corrected chi connectivity index (χ4v) is 7.50. The Hall–Kier alpha value is -3.48. The second-order valence-electron chi connectivity index (χ2n) is 17.9. The van der Waals surface area contributed by atoms with Crippen LogP contribution in [0.15, 0.2) is 109 Å². The molecule has 66 heavy (non-hydrogen) atoms. The van der Waals surface area contributed by atoms with Crippen LogP contribution in [0.25, 0.3) is 0 Å². The largest absolute Gasteiger partial charge is 0.462 e. The lowest BCUT2D eigenvalue weighted by molar-refractivity contribution is -0.151. The topological polar surface area (TPSA) is 95.9 Å². The summed E-state index contributed by atoms with van der Waals surface area (Å²) in [5.74, 6) is -0.574. The highest BCUT2D eigenvalue weighted by atomic mass is 16.5. The van der Waals surface area contributed by atoms with E-state index >= 15 is 0 Å². The van der Waals surface area contributed by atoms with Gasteiger partial charge in [0.2, 0.25) is 5.91 Å². The van der Waals surface area contributed by atoms with Gasteiger partial charge in [-0.2, -0.15) is 0 Å². The van der Waals surface area contributed by atoms with Crippen molar-refractivity contribution in [3.05, 3.63) is 109 Å². The molecule has 0 aliphatic heterocycles. The van der Waals surface area contributed by atoms with E-state index in [1.54, 1.807) is 0 Å². The molecule has 0 spiro atoms. The van der Waals surface area contributed by atoms with E-state index in [9.17, 15) is 19.8 Å². The maximum absolute atomic E-state index is 13.2. The quantitative estimate of drug-likeness (QED) is 0.0321. The van der Waals surface area contributed by atoms with Crippen LogP contribution in [0.4, 0.5) is 0 Å². The van der Waals surface area contributed by atoms with Crippen molar-refractivity contribution in [1.82, 2.24) is 5.32 Å². The first-order valence-electron chi connectivity index (χ1n) is 27.1. The highest BCUT2D eigenvalue weighted by Gasteiger charge is 2.24. The molecule has 1 amide bonds. The third-order valence-corrected chi connectivity index (χ3v) is 11.6. The van der Waals surface area contributed by atoms with E-state index < -0.39 is 18.2 Å². The summed E-state index contributed by atoms with van der Waals surface area (Å²) < 4.78 is 5.90. The summed E-state index contributed by atoms with van der Waals surface area (Å²) in [5.41, 5.74) is 0. The molecule has 0 aliphatic rings. The number of carbonyl (C=O) groups is 2. The first kappa shape index (κ1) is 62.5. The van der Waals surface area contributed by atoms with E-state index in [0.717, 1.165) is 109 Å². The normalized spacial score (nSPS) is 14.1. The van der Waals surface area contributed by atoms with Crippen LogP contribution in [0.1, 0.15) is 233 Å². The molecule has 3 atom stereocenters. The van der Waals surface area contributed by atoms with Crippen LogP contribution >= 0.6 is 0 Å². The molecule has 0 heterocycles. The number of carbonyl (C=O) groups excluding carboxylic acids is 2. The maximum atomic E-state index is 13.2. The van der Waals surface area contributed by atoms with E-state index in [4.69, 9.17) is 4.74 Å². The van der Waals surface area contributed by atoms with Crippen molar-refractivity contribution in [2.45, 2.75) is 251 Å². The second kappa shape index (κ2) is 52.5. The zero-order valence-electron chi connectivity index (χ0n) is 42.8. The minimum atomic E-state index is -0.814. The molecule has 0 aromatic carbocycles. The van der Waals surface area contributed by atoms with Crippen molar-refractivity contribution in [1.29, 1.82) is 0 Å². The summed E-state index contributed by atoms with van der Waals surface area (Å²) in [5, 5.41) is 23.8. The molecule has 0 saturated heterocycles. The molecule has 0 aliphatic carbocycles. The maximum Gasteiger partial charge on any atom is 0.306 e. The monoisotopic (exact) mass is 916 g/mol. The average molecular weight is 916 g/mol. The van der Waals surface area contributed by atoms with Gasteiger partial charge in [-0.3, -0.25) is 9.59 Å². The Labute approximate surface area is 407 Å². The van der Waals surface area contributed by atoms with Gasteiger partial charge in [-0.05, 0) is 109 Å². The van der Waals surface area contributed by atoms with Crippen molar-refractivity contribution in [3.63, 3.8) is 0 Å². The number of aliphatic hydroxyl groups is 2. The number of rotatable bonds is 47. The van der Waals surface area contributed by atoms with Gasteiger partial charge in [0.15, 0.2) is 0 Å².